The smallest absolute Gasteiger partial charge is 0.350 e. The summed E-state index contributed by atoms with van der Waals surface area (Å²) in [5.74, 6) is -0.603. The predicted molar refractivity (Wildman–Crippen MR) is 72.0 cm³/mol. The molecule has 0 aliphatic heterocycles. The van der Waals surface area contributed by atoms with E-state index in [4.69, 9.17) is 0 Å². The van der Waals surface area contributed by atoms with Crippen LogP contribution in [0.1, 0.15) is 29.9 Å². The Bertz CT molecular complexity index is 417. The van der Waals surface area contributed by atoms with Gasteiger partial charge in [0.05, 0.1) is 19.3 Å². The lowest BCUT2D eigenvalue weighted by Gasteiger charge is -2.11. The fourth-order valence-corrected chi connectivity index (χ4v) is 2.03. The fourth-order valence-electron chi connectivity index (χ4n) is 1.26. The highest BCUT2D eigenvalue weighted by Gasteiger charge is 2.15. The second-order valence-corrected chi connectivity index (χ2v) is 4.81. The maximum Gasteiger partial charge on any atom is 0.350 e. The molecule has 0 aliphatic rings. The minimum absolute atomic E-state index is 0.168. The Balaban J connectivity index is 2.54. The lowest BCUT2D eigenvalue weighted by Crippen LogP contribution is -2.34. The third kappa shape index (κ3) is 4.12. The molecule has 0 saturated carbocycles. The Morgan fingerprint density at radius 3 is 2.83 bits per heavy atom. The quantitative estimate of drug-likeness (QED) is 0.774. The zero-order valence-electron chi connectivity index (χ0n) is 10.8. The van der Waals surface area contributed by atoms with Crippen molar-refractivity contribution >= 4 is 28.9 Å². The van der Waals surface area contributed by atoms with Crippen molar-refractivity contribution in [2.75, 3.05) is 19.0 Å². The van der Waals surface area contributed by atoms with Crippen molar-refractivity contribution in [1.82, 2.24) is 5.32 Å². The Kier molecular flexibility index (Phi) is 5.80. The number of carbonyl (C=O) groups is 2. The average Bonchev–Trinajstić information content (AvgIpc) is 2.82. The van der Waals surface area contributed by atoms with Gasteiger partial charge in [-0.1, -0.05) is 6.92 Å². The first-order valence-electron chi connectivity index (χ1n) is 5.77. The number of methoxy groups -OCH3 is 1. The van der Waals surface area contributed by atoms with E-state index in [2.05, 4.69) is 15.4 Å². The number of hydrogen-bond donors (Lipinski definition) is 2. The van der Waals surface area contributed by atoms with E-state index in [9.17, 15) is 9.59 Å². The second kappa shape index (κ2) is 7.13. The Hall–Kier alpha value is -1.40. The molecule has 1 heterocycles. The van der Waals surface area contributed by atoms with Crippen LogP contribution in [0, 0.1) is 0 Å². The van der Waals surface area contributed by atoms with Crippen LogP contribution in [-0.4, -0.2) is 31.6 Å². The van der Waals surface area contributed by atoms with Crippen LogP contribution in [0.4, 0.5) is 5.69 Å². The van der Waals surface area contributed by atoms with Crippen molar-refractivity contribution in [2.24, 2.45) is 0 Å². The Morgan fingerprint density at radius 2 is 2.22 bits per heavy atom. The molecule has 1 amide bonds. The van der Waals surface area contributed by atoms with E-state index < -0.39 is 5.97 Å². The summed E-state index contributed by atoms with van der Waals surface area (Å²) < 4.78 is 4.64. The van der Waals surface area contributed by atoms with Crippen molar-refractivity contribution in [1.29, 1.82) is 0 Å². The van der Waals surface area contributed by atoms with Gasteiger partial charge in [0.15, 0.2) is 0 Å². The molecule has 1 aromatic rings. The number of anilines is 1. The number of nitrogens with one attached hydrogen (secondary N) is 2. The first kappa shape index (κ1) is 14.7. The van der Waals surface area contributed by atoms with Crippen LogP contribution in [0.3, 0.4) is 0 Å². The molecule has 0 spiro atoms. The summed E-state index contributed by atoms with van der Waals surface area (Å²) in [6.45, 7) is 4.28. The first-order valence-corrected chi connectivity index (χ1v) is 6.65. The summed E-state index contributed by atoms with van der Waals surface area (Å²) >= 11 is 1.24. The summed E-state index contributed by atoms with van der Waals surface area (Å²) in [6, 6.07) is 1.98. The summed E-state index contributed by atoms with van der Waals surface area (Å²) in [6.07, 6.45) is 0.957. The molecule has 1 unspecified atom stereocenters. The highest BCUT2D eigenvalue weighted by Crippen LogP contribution is 2.22. The highest BCUT2D eigenvalue weighted by atomic mass is 32.1. The van der Waals surface area contributed by atoms with Crippen LogP contribution < -0.4 is 10.6 Å². The third-order valence-electron chi connectivity index (χ3n) is 2.53. The maximum absolute atomic E-state index is 11.7. The molecule has 18 heavy (non-hydrogen) atoms. The molecule has 0 aliphatic carbocycles. The number of thiophene rings is 1. The maximum atomic E-state index is 11.7. The van der Waals surface area contributed by atoms with Gasteiger partial charge in [-0.3, -0.25) is 4.79 Å². The average molecular weight is 270 g/mol. The van der Waals surface area contributed by atoms with Crippen LogP contribution >= 0.6 is 11.3 Å². The van der Waals surface area contributed by atoms with Gasteiger partial charge < -0.3 is 15.4 Å². The summed E-state index contributed by atoms with van der Waals surface area (Å²) in [5.41, 5.74) is 0.503. The van der Waals surface area contributed by atoms with Gasteiger partial charge >= 0.3 is 5.97 Å². The normalized spacial score (nSPS) is 11.9. The predicted octanol–water partition coefficient (Wildman–Crippen LogP) is 1.86. The van der Waals surface area contributed by atoms with Crippen molar-refractivity contribution in [3.8, 4) is 0 Å². The zero-order valence-corrected chi connectivity index (χ0v) is 11.6. The number of ether oxygens (including phenoxy) is 1. The molecule has 1 rings (SSSR count). The van der Waals surface area contributed by atoms with E-state index in [0.29, 0.717) is 16.6 Å². The van der Waals surface area contributed by atoms with Gasteiger partial charge in [0.25, 0.3) is 0 Å². The number of esters is 1. The van der Waals surface area contributed by atoms with Gasteiger partial charge in [-0.2, -0.15) is 0 Å². The zero-order chi connectivity index (χ0) is 13.5. The minimum atomic E-state index is -0.435. The van der Waals surface area contributed by atoms with Gasteiger partial charge in [-0.25, -0.2) is 4.79 Å². The van der Waals surface area contributed by atoms with E-state index in [1.807, 2.05) is 13.8 Å². The number of rotatable bonds is 6. The van der Waals surface area contributed by atoms with Crippen molar-refractivity contribution in [3.63, 3.8) is 0 Å². The monoisotopic (exact) mass is 270 g/mol. The Morgan fingerprint density at radius 1 is 1.50 bits per heavy atom. The largest absolute Gasteiger partial charge is 0.465 e. The van der Waals surface area contributed by atoms with Crippen molar-refractivity contribution in [2.45, 2.75) is 26.3 Å². The van der Waals surface area contributed by atoms with Crippen LogP contribution in [0.2, 0.25) is 0 Å². The van der Waals surface area contributed by atoms with Crippen LogP contribution in [0.5, 0.6) is 0 Å². The molecule has 0 radical (unpaired) electrons. The van der Waals surface area contributed by atoms with Gasteiger partial charge in [-0.05, 0) is 24.8 Å². The SMILES string of the molecule is CCC(C)NCC(=O)Nc1ccsc1C(=O)OC. The first-order chi connectivity index (χ1) is 8.58. The van der Waals surface area contributed by atoms with Gasteiger partial charge in [0.2, 0.25) is 5.91 Å². The van der Waals surface area contributed by atoms with Crippen molar-refractivity contribution < 1.29 is 14.3 Å². The van der Waals surface area contributed by atoms with Gasteiger partial charge in [0, 0.05) is 6.04 Å². The molecular weight excluding hydrogens is 252 g/mol. The van der Waals surface area contributed by atoms with Crippen LogP contribution in [0.15, 0.2) is 11.4 Å². The van der Waals surface area contributed by atoms with Gasteiger partial charge in [0.1, 0.15) is 4.88 Å². The van der Waals surface area contributed by atoms with Gasteiger partial charge in [-0.15, -0.1) is 11.3 Å². The summed E-state index contributed by atoms with van der Waals surface area (Å²) in [5, 5.41) is 7.52. The molecular formula is C12H18N2O3S. The van der Waals surface area contributed by atoms with E-state index in [1.54, 1.807) is 11.4 Å². The molecule has 5 nitrogen and oxygen atoms in total. The summed E-state index contributed by atoms with van der Waals surface area (Å²) in [7, 11) is 1.32. The number of carbonyl (C=O) groups excluding carboxylic acids is 2. The van der Waals surface area contributed by atoms with E-state index in [-0.39, 0.29) is 12.5 Å². The lowest BCUT2D eigenvalue weighted by molar-refractivity contribution is -0.115. The second-order valence-electron chi connectivity index (χ2n) is 3.89. The third-order valence-corrected chi connectivity index (χ3v) is 3.43. The molecule has 1 aromatic heterocycles. The summed E-state index contributed by atoms with van der Waals surface area (Å²) in [4.78, 5) is 23.5. The fraction of sp³-hybridized carbons (Fsp3) is 0.500. The number of hydrogen-bond acceptors (Lipinski definition) is 5. The van der Waals surface area contributed by atoms with Crippen LogP contribution in [0.25, 0.3) is 0 Å². The van der Waals surface area contributed by atoms with E-state index >= 15 is 0 Å². The molecule has 6 heteroatoms. The molecule has 1 atom stereocenters. The topological polar surface area (TPSA) is 67.4 Å². The molecule has 100 valence electrons. The van der Waals surface area contributed by atoms with Crippen LogP contribution in [-0.2, 0) is 9.53 Å². The number of amides is 1. The Labute approximate surface area is 111 Å². The minimum Gasteiger partial charge on any atom is -0.465 e. The molecule has 0 aromatic carbocycles. The standard InChI is InChI=1S/C12H18N2O3S/c1-4-8(2)13-7-10(15)14-9-5-6-18-11(9)12(16)17-3/h5-6,8,13H,4,7H2,1-3H3,(H,14,15). The molecule has 2 N–H and O–H groups in total. The molecule has 0 bridgehead atoms. The van der Waals surface area contributed by atoms with Crippen molar-refractivity contribution in [3.05, 3.63) is 16.3 Å². The lowest BCUT2D eigenvalue weighted by atomic mass is 10.2. The highest BCUT2D eigenvalue weighted by molar-refractivity contribution is 7.12. The van der Waals surface area contributed by atoms with E-state index in [1.165, 1.54) is 18.4 Å². The van der Waals surface area contributed by atoms with E-state index in [0.717, 1.165) is 6.42 Å². The molecule has 0 saturated heterocycles. The molecule has 0 fully saturated rings.